The number of nitrogens with two attached hydrogens (primary N) is 1. The van der Waals surface area contributed by atoms with Gasteiger partial charge in [0.05, 0.1) is 0 Å². The van der Waals surface area contributed by atoms with Crippen LogP contribution >= 0.6 is 0 Å². The van der Waals surface area contributed by atoms with Gasteiger partial charge in [0.1, 0.15) is 0 Å². The molecule has 0 unspecified atom stereocenters. The molecule has 0 spiro atoms. The highest BCUT2D eigenvalue weighted by atomic mass is 16.2. The zero-order valence-corrected chi connectivity index (χ0v) is 12.2. The predicted molar refractivity (Wildman–Crippen MR) is 82.6 cm³/mol. The number of benzene rings is 2. The average Bonchev–Trinajstić information content (AvgIpc) is 2.42. The Labute approximate surface area is 120 Å². The molecule has 0 aliphatic heterocycles. The van der Waals surface area contributed by atoms with E-state index in [2.05, 4.69) is 32.0 Å². The van der Waals surface area contributed by atoms with Gasteiger partial charge in [0, 0.05) is 24.8 Å². The lowest BCUT2D eigenvalue weighted by molar-refractivity contribution is 0.0785. The van der Waals surface area contributed by atoms with Gasteiger partial charge in [-0.3, -0.25) is 4.79 Å². The molecule has 3 heteroatoms. The topological polar surface area (TPSA) is 46.3 Å². The highest BCUT2D eigenvalue weighted by Gasteiger charge is 2.12. The van der Waals surface area contributed by atoms with Crippen molar-refractivity contribution in [2.24, 2.45) is 0 Å². The first-order valence-corrected chi connectivity index (χ1v) is 6.64. The van der Waals surface area contributed by atoms with Crippen LogP contribution in [0.3, 0.4) is 0 Å². The Kier molecular flexibility index (Phi) is 4.08. The zero-order valence-electron chi connectivity index (χ0n) is 12.2. The number of hydrogen-bond acceptors (Lipinski definition) is 2. The second-order valence-corrected chi connectivity index (χ2v) is 5.21. The molecule has 104 valence electrons. The highest BCUT2D eigenvalue weighted by molar-refractivity contribution is 5.94. The fourth-order valence-electron chi connectivity index (χ4n) is 2.14. The van der Waals surface area contributed by atoms with E-state index in [1.165, 1.54) is 11.1 Å². The molecule has 2 aromatic carbocycles. The number of carbonyl (C=O) groups excluding carboxylic acids is 1. The maximum absolute atomic E-state index is 12.3. The molecule has 1 amide bonds. The Bertz CT molecular complexity index is 635. The lowest BCUT2D eigenvalue weighted by Gasteiger charge is -2.18. The van der Waals surface area contributed by atoms with Crippen LogP contribution in [0.1, 0.15) is 27.0 Å². The van der Waals surface area contributed by atoms with Gasteiger partial charge >= 0.3 is 0 Å². The summed E-state index contributed by atoms with van der Waals surface area (Å²) in [6.45, 7) is 4.76. The number of aryl methyl sites for hydroxylation is 2. The average molecular weight is 268 g/mol. The van der Waals surface area contributed by atoms with Crippen LogP contribution in [0.15, 0.2) is 42.5 Å². The lowest BCUT2D eigenvalue weighted by atomic mass is 10.1. The van der Waals surface area contributed by atoms with Crippen LogP contribution in [0.5, 0.6) is 0 Å². The van der Waals surface area contributed by atoms with Crippen molar-refractivity contribution >= 4 is 11.6 Å². The highest BCUT2D eigenvalue weighted by Crippen LogP contribution is 2.14. The minimum absolute atomic E-state index is 0.0180. The summed E-state index contributed by atoms with van der Waals surface area (Å²) in [5.74, 6) is -0.0180. The molecule has 2 aromatic rings. The van der Waals surface area contributed by atoms with Gasteiger partial charge < -0.3 is 10.6 Å². The van der Waals surface area contributed by atoms with Gasteiger partial charge in [-0.15, -0.1) is 0 Å². The van der Waals surface area contributed by atoms with Crippen molar-refractivity contribution < 1.29 is 4.79 Å². The summed E-state index contributed by atoms with van der Waals surface area (Å²) in [6.07, 6.45) is 0. The smallest absolute Gasteiger partial charge is 0.253 e. The van der Waals surface area contributed by atoms with Crippen molar-refractivity contribution in [2.45, 2.75) is 20.4 Å². The molecule has 2 N–H and O–H groups in total. The zero-order chi connectivity index (χ0) is 14.7. The Hall–Kier alpha value is -2.29. The molecule has 0 bridgehead atoms. The van der Waals surface area contributed by atoms with Crippen molar-refractivity contribution in [1.82, 2.24) is 4.90 Å². The summed E-state index contributed by atoms with van der Waals surface area (Å²) in [4.78, 5) is 14.0. The lowest BCUT2D eigenvalue weighted by Crippen LogP contribution is -2.26. The molecule has 0 aromatic heterocycles. The van der Waals surface area contributed by atoms with E-state index in [4.69, 9.17) is 5.73 Å². The molecule has 0 fully saturated rings. The fraction of sp³-hybridized carbons (Fsp3) is 0.235. The largest absolute Gasteiger partial charge is 0.399 e. The third-order valence-corrected chi connectivity index (χ3v) is 3.47. The third kappa shape index (κ3) is 3.18. The van der Waals surface area contributed by atoms with Crippen LogP contribution in [0.25, 0.3) is 0 Å². The molecule has 0 atom stereocenters. The van der Waals surface area contributed by atoms with Crippen LogP contribution in [-0.2, 0) is 6.54 Å². The van der Waals surface area contributed by atoms with Gasteiger partial charge in [-0.05, 0) is 48.7 Å². The number of nitrogen functional groups attached to an aromatic ring is 1. The van der Waals surface area contributed by atoms with Crippen molar-refractivity contribution in [1.29, 1.82) is 0 Å². The van der Waals surface area contributed by atoms with Crippen LogP contribution in [-0.4, -0.2) is 17.9 Å². The van der Waals surface area contributed by atoms with Gasteiger partial charge in [0.15, 0.2) is 0 Å². The predicted octanol–water partition coefficient (Wildman–Crippen LogP) is 3.16. The van der Waals surface area contributed by atoms with Gasteiger partial charge in [0.25, 0.3) is 5.91 Å². The maximum atomic E-state index is 12.3. The molecule has 20 heavy (non-hydrogen) atoms. The Morgan fingerprint density at radius 3 is 2.50 bits per heavy atom. The van der Waals surface area contributed by atoms with E-state index in [0.29, 0.717) is 17.8 Å². The van der Waals surface area contributed by atoms with Crippen LogP contribution < -0.4 is 5.73 Å². The molecule has 0 radical (unpaired) electrons. The van der Waals surface area contributed by atoms with E-state index < -0.39 is 0 Å². The number of carbonyl (C=O) groups is 1. The van der Waals surface area contributed by atoms with Crippen LogP contribution in [0, 0.1) is 13.8 Å². The first-order valence-electron chi connectivity index (χ1n) is 6.64. The SMILES string of the molecule is Cc1ccc(CN(C)C(=O)c2cccc(N)c2)cc1C. The number of anilines is 1. The van der Waals surface area contributed by atoms with E-state index >= 15 is 0 Å². The normalized spacial score (nSPS) is 10.3. The van der Waals surface area contributed by atoms with Crippen molar-refractivity contribution in [2.75, 3.05) is 12.8 Å². The van der Waals surface area contributed by atoms with Gasteiger partial charge in [-0.2, -0.15) is 0 Å². The third-order valence-electron chi connectivity index (χ3n) is 3.47. The summed E-state index contributed by atoms with van der Waals surface area (Å²) in [7, 11) is 1.81. The molecule has 0 saturated heterocycles. The quantitative estimate of drug-likeness (QED) is 0.869. The first-order chi connectivity index (χ1) is 9.47. The van der Waals surface area contributed by atoms with E-state index in [9.17, 15) is 4.79 Å². The number of nitrogens with zero attached hydrogens (tertiary/aromatic N) is 1. The molecule has 0 aliphatic rings. The Morgan fingerprint density at radius 1 is 1.10 bits per heavy atom. The first kappa shape index (κ1) is 14.1. The summed E-state index contributed by atoms with van der Waals surface area (Å²) in [5.41, 5.74) is 10.6. The molecule has 0 heterocycles. The molecule has 2 rings (SSSR count). The second-order valence-electron chi connectivity index (χ2n) is 5.21. The summed E-state index contributed by atoms with van der Waals surface area (Å²) in [5, 5.41) is 0. The summed E-state index contributed by atoms with van der Waals surface area (Å²) < 4.78 is 0. The van der Waals surface area contributed by atoms with E-state index in [0.717, 1.165) is 5.56 Å². The van der Waals surface area contributed by atoms with Crippen molar-refractivity contribution in [3.63, 3.8) is 0 Å². The summed E-state index contributed by atoms with van der Waals surface area (Å²) in [6, 6.07) is 13.3. The van der Waals surface area contributed by atoms with Crippen molar-refractivity contribution in [3.8, 4) is 0 Å². The Morgan fingerprint density at radius 2 is 1.85 bits per heavy atom. The van der Waals surface area contributed by atoms with E-state index in [1.807, 2.05) is 0 Å². The van der Waals surface area contributed by atoms with Crippen LogP contribution in [0.4, 0.5) is 5.69 Å². The molecule has 0 aliphatic carbocycles. The second kappa shape index (κ2) is 5.78. The van der Waals surface area contributed by atoms with E-state index in [1.54, 1.807) is 36.2 Å². The number of hydrogen-bond donors (Lipinski definition) is 1. The van der Waals surface area contributed by atoms with E-state index in [-0.39, 0.29) is 5.91 Å². The monoisotopic (exact) mass is 268 g/mol. The molecule has 3 nitrogen and oxygen atoms in total. The Balaban J connectivity index is 2.13. The van der Waals surface area contributed by atoms with Gasteiger partial charge in [-0.25, -0.2) is 0 Å². The minimum atomic E-state index is -0.0180. The number of amides is 1. The minimum Gasteiger partial charge on any atom is -0.399 e. The maximum Gasteiger partial charge on any atom is 0.253 e. The molecular weight excluding hydrogens is 248 g/mol. The van der Waals surface area contributed by atoms with Gasteiger partial charge in [0.2, 0.25) is 0 Å². The number of rotatable bonds is 3. The van der Waals surface area contributed by atoms with Crippen molar-refractivity contribution in [3.05, 3.63) is 64.7 Å². The fourth-order valence-corrected chi connectivity index (χ4v) is 2.14. The summed E-state index contributed by atoms with van der Waals surface area (Å²) >= 11 is 0. The standard InChI is InChI=1S/C17H20N2O/c1-12-7-8-14(9-13(12)2)11-19(3)17(20)15-5-4-6-16(18)10-15/h4-10H,11,18H2,1-3H3. The molecular formula is C17H20N2O. The van der Waals surface area contributed by atoms with Crippen LogP contribution in [0.2, 0.25) is 0 Å². The molecule has 0 saturated carbocycles. The van der Waals surface area contributed by atoms with Gasteiger partial charge in [-0.1, -0.05) is 24.3 Å².